The molecule has 3 nitrogen and oxygen atoms in total. The number of aromatic nitrogens is 1. The molecule has 0 saturated carbocycles. The van der Waals surface area contributed by atoms with E-state index in [2.05, 4.69) is 43.3 Å². The average molecular weight is 281 g/mol. The van der Waals surface area contributed by atoms with Crippen LogP contribution in [0.15, 0.2) is 5.38 Å². The summed E-state index contributed by atoms with van der Waals surface area (Å²) in [7, 11) is 0. The van der Waals surface area contributed by atoms with E-state index >= 15 is 0 Å². The number of aryl methyl sites for hydroxylation is 1. The van der Waals surface area contributed by atoms with Crippen molar-refractivity contribution in [2.45, 2.75) is 52.5 Å². The Morgan fingerprint density at radius 2 is 2.26 bits per heavy atom. The van der Waals surface area contributed by atoms with Crippen molar-refractivity contribution in [3.8, 4) is 0 Å². The fourth-order valence-corrected chi connectivity index (χ4v) is 3.41. The molecule has 0 bridgehead atoms. The SMILES string of the molecule is CCc1csc(N2CCCC(CNC(C)(C)C)C2)n1. The minimum absolute atomic E-state index is 0.221. The minimum atomic E-state index is 0.221. The highest BCUT2D eigenvalue weighted by Gasteiger charge is 2.23. The summed E-state index contributed by atoms with van der Waals surface area (Å²) < 4.78 is 0. The molecule has 1 N–H and O–H groups in total. The monoisotopic (exact) mass is 281 g/mol. The van der Waals surface area contributed by atoms with Crippen LogP contribution < -0.4 is 10.2 Å². The standard InChI is InChI=1S/C15H27N3S/c1-5-13-11-19-14(17-13)18-8-6-7-12(10-18)9-16-15(2,3)4/h11-12,16H,5-10H2,1-4H3. The van der Waals surface area contributed by atoms with Gasteiger partial charge in [0.2, 0.25) is 0 Å². The highest BCUT2D eigenvalue weighted by molar-refractivity contribution is 7.13. The van der Waals surface area contributed by atoms with Crippen LogP contribution in [-0.2, 0) is 6.42 Å². The summed E-state index contributed by atoms with van der Waals surface area (Å²) in [5, 5.41) is 7.06. The Bertz CT molecular complexity index is 394. The molecule has 108 valence electrons. The molecule has 1 aliphatic heterocycles. The minimum Gasteiger partial charge on any atom is -0.348 e. The second-order valence-corrected chi connectivity index (χ2v) is 7.40. The maximum absolute atomic E-state index is 4.72. The summed E-state index contributed by atoms with van der Waals surface area (Å²) in [4.78, 5) is 7.19. The predicted molar refractivity (Wildman–Crippen MR) is 84.2 cm³/mol. The molecule has 1 aromatic heterocycles. The topological polar surface area (TPSA) is 28.2 Å². The van der Waals surface area contributed by atoms with E-state index in [1.807, 2.05) is 0 Å². The molecule has 1 saturated heterocycles. The van der Waals surface area contributed by atoms with E-state index in [1.165, 1.54) is 30.2 Å². The van der Waals surface area contributed by atoms with E-state index in [4.69, 9.17) is 4.98 Å². The summed E-state index contributed by atoms with van der Waals surface area (Å²) in [5.74, 6) is 0.752. The number of rotatable bonds is 4. The van der Waals surface area contributed by atoms with Gasteiger partial charge >= 0.3 is 0 Å². The molecule has 0 radical (unpaired) electrons. The molecule has 1 unspecified atom stereocenters. The molecular formula is C15H27N3S. The van der Waals surface area contributed by atoms with Crippen molar-refractivity contribution in [2.24, 2.45) is 5.92 Å². The zero-order chi connectivity index (χ0) is 13.9. The van der Waals surface area contributed by atoms with Crippen LogP contribution in [-0.4, -0.2) is 30.2 Å². The van der Waals surface area contributed by atoms with Gasteiger partial charge in [-0.2, -0.15) is 0 Å². The van der Waals surface area contributed by atoms with Crippen molar-refractivity contribution in [1.82, 2.24) is 10.3 Å². The van der Waals surface area contributed by atoms with Crippen molar-refractivity contribution >= 4 is 16.5 Å². The summed E-state index contributed by atoms with van der Waals surface area (Å²) >= 11 is 1.80. The normalized spacial score (nSPS) is 20.8. The van der Waals surface area contributed by atoms with E-state index in [0.29, 0.717) is 0 Å². The van der Waals surface area contributed by atoms with E-state index in [9.17, 15) is 0 Å². The van der Waals surface area contributed by atoms with Crippen LogP contribution in [0.5, 0.6) is 0 Å². The molecular weight excluding hydrogens is 254 g/mol. The molecule has 0 aliphatic carbocycles. The number of thiazole rings is 1. The Kier molecular flexibility index (Phi) is 4.85. The third-order valence-electron chi connectivity index (χ3n) is 3.61. The van der Waals surface area contributed by atoms with Gasteiger partial charge in [-0.15, -0.1) is 11.3 Å². The first-order valence-corrected chi connectivity index (χ1v) is 8.30. The lowest BCUT2D eigenvalue weighted by atomic mass is 9.97. The first kappa shape index (κ1) is 14.8. The maximum Gasteiger partial charge on any atom is 0.185 e. The molecule has 0 amide bonds. The highest BCUT2D eigenvalue weighted by Crippen LogP contribution is 2.26. The number of hydrogen-bond acceptors (Lipinski definition) is 4. The summed E-state index contributed by atoms with van der Waals surface area (Å²) in [6.45, 7) is 12.3. The molecule has 19 heavy (non-hydrogen) atoms. The highest BCUT2D eigenvalue weighted by atomic mass is 32.1. The third kappa shape index (κ3) is 4.46. The molecule has 0 spiro atoms. The zero-order valence-corrected chi connectivity index (χ0v) is 13.5. The van der Waals surface area contributed by atoms with E-state index in [1.54, 1.807) is 11.3 Å². The van der Waals surface area contributed by atoms with E-state index in [-0.39, 0.29) is 5.54 Å². The van der Waals surface area contributed by atoms with Crippen LogP contribution in [0.1, 0.15) is 46.2 Å². The van der Waals surface area contributed by atoms with Crippen LogP contribution in [0.25, 0.3) is 0 Å². The van der Waals surface area contributed by atoms with Gasteiger partial charge in [0.15, 0.2) is 5.13 Å². The zero-order valence-electron chi connectivity index (χ0n) is 12.7. The van der Waals surface area contributed by atoms with Crippen molar-refractivity contribution in [3.63, 3.8) is 0 Å². The van der Waals surface area contributed by atoms with Gasteiger partial charge in [0.25, 0.3) is 0 Å². The molecule has 2 rings (SSSR count). The Morgan fingerprint density at radius 3 is 2.89 bits per heavy atom. The molecule has 1 atom stereocenters. The summed E-state index contributed by atoms with van der Waals surface area (Å²) in [6.07, 6.45) is 3.67. The van der Waals surface area contributed by atoms with Crippen molar-refractivity contribution in [3.05, 3.63) is 11.1 Å². The maximum atomic E-state index is 4.72. The lowest BCUT2D eigenvalue weighted by molar-refractivity contribution is 0.335. The van der Waals surface area contributed by atoms with Gasteiger partial charge in [0.05, 0.1) is 5.69 Å². The van der Waals surface area contributed by atoms with Crippen molar-refractivity contribution in [2.75, 3.05) is 24.5 Å². The predicted octanol–water partition coefficient (Wildman–Crippen LogP) is 3.31. The van der Waals surface area contributed by atoms with Crippen LogP contribution in [0.3, 0.4) is 0 Å². The largest absolute Gasteiger partial charge is 0.348 e. The van der Waals surface area contributed by atoms with Crippen LogP contribution in [0.4, 0.5) is 5.13 Å². The second-order valence-electron chi connectivity index (χ2n) is 6.56. The van der Waals surface area contributed by atoms with E-state index in [0.717, 1.165) is 25.4 Å². The van der Waals surface area contributed by atoms with Gasteiger partial charge in [0, 0.05) is 30.6 Å². The fraction of sp³-hybridized carbons (Fsp3) is 0.800. The number of nitrogens with zero attached hydrogens (tertiary/aromatic N) is 2. The average Bonchev–Trinajstić information content (AvgIpc) is 2.85. The van der Waals surface area contributed by atoms with Gasteiger partial charge in [-0.3, -0.25) is 0 Å². The Hall–Kier alpha value is -0.610. The van der Waals surface area contributed by atoms with Crippen molar-refractivity contribution < 1.29 is 0 Å². The quantitative estimate of drug-likeness (QED) is 0.918. The molecule has 1 aliphatic rings. The third-order valence-corrected chi connectivity index (χ3v) is 4.56. The Labute approximate surface area is 121 Å². The number of nitrogens with one attached hydrogen (secondary N) is 1. The van der Waals surface area contributed by atoms with Gasteiger partial charge in [-0.05, 0) is 46.0 Å². The summed E-state index contributed by atoms with van der Waals surface area (Å²) in [5.41, 5.74) is 1.45. The van der Waals surface area contributed by atoms with Gasteiger partial charge in [-0.25, -0.2) is 4.98 Å². The second kappa shape index (κ2) is 6.23. The number of hydrogen-bond donors (Lipinski definition) is 1. The van der Waals surface area contributed by atoms with Gasteiger partial charge in [0.1, 0.15) is 0 Å². The van der Waals surface area contributed by atoms with E-state index < -0.39 is 0 Å². The molecule has 0 aromatic carbocycles. The van der Waals surface area contributed by atoms with Crippen molar-refractivity contribution in [1.29, 1.82) is 0 Å². The fourth-order valence-electron chi connectivity index (χ4n) is 2.46. The summed E-state index contributed by atoms with van der Waals surface area (Å²) in [6, 6.07) is 0. The van der Waals surface area contributed by atoms with Gasteiger partial charge < -0.3 is 10.2 Å². The lowest BCUT2D eigenvalue weighted by Crippen LogP contribution is -2.44. The molecule has 1 aromatic rings. The van der Waals surface area contributed by atoms with Gasteiger partial charge in [-0.1, -0.05) is 6.92 Å². The number of anilines is 1. The smallest absolute Gasteiger partial charge is 0.185 e. The lowest BCUT2D eigenvalue weighted by Gasteiger charge is -2.34. The molecule has 4 heteroatoms. The number of piperidine rings is 1. The Balaban J connectivity index is 1.89. The van der Waals surface area contributed by atoms with Crippen LogP contribution >= 0.6 is 11.3 Å². The van der Waals surface area contributed by atoms with Crippen LogP contribution in [0.2, 0.25) is 0 Å². The van der Waals surface area contributed by atoms with Crippen LogP contribution in [0, 0.1) is 5.92 Å². The first-order valence-electron chi connectivity index (χ1n) is 7.42. The molecule has 1 fully saturated rings. The first-order chi connectivity index (χ1) is 8.98. The Morgan fingerprint density at radius 1 is 1.47 bits per heavy atom. The molecule has 2 heterocycles.